The van der Waals surface area contributed by atoms with E-state index < -0.39 is 5.60 Å². The van der Waals surface area contributed by atoms with E-state index >= 15 is 0 Å². The smallest absolute Gasteiger partial charge is 0.410 e. The van der Waals surface area contributed by atoms with Crippen molar-refractivity contribution in [2.45, 2.75) is 58.3 Å². The molecule has 122 valence electrons. The van der Waals surface area contributed by atoms with Gasteiger partial charge in [0, 0.05) is 18.9 Å². The van der Waals surface area contributed by atoms with Gasteiger partial charge in [-0.3, -0.25) is 9.97 Å². The third kappa shape index (κ3) is 4.66. The van der Waals surface area contributed by atoms with Gasteiger partial charge in [-0.2, -0.15) is 0 Å². The molecule has 0 N–H and O–H groups in total. The monoisotopic (exact) mass is 307 g/mol. The van der Waals surface area contributed by atoms with Gasteiger partial charge in [0.2, 0.25) is 0 Å². The fraction of sp³-hybridized carbons (Fsp3) is 0.688. The van der Waals surface area contributed by atoms with Gasteiger partial charge in [-0.25, -0.2) is 4.79 Å². The van der Waals surface area contributed by atoms with Crippen LogP contribution in [0.5, 0.6) is 0 Å². The second kappa shape index (κ2) is 7.05. The summed E-state index contributed by atoms with van der Waals surface area (Å²) in [5.41, 5.74) is 0.321. The predicted octanol–water partition coefficient (Wildman–Crippen LogP) is 2.95. The molecule has 6 heteroatoms. The lowest BCUT2D eigenvalue weighted by atomic mass is 10.2. The number of hydrogen-bond acceptors (Lipinski definition) is 5. The Kier molecular flexibility index (Phi) is 5.34. The summed E-state index contributed by atoms with van der Waals surface area (Å²) in [6.45, 7) is 8.78. The van der Waals surface area contributed by atoms with E-state index in [4.69, 9.17) is 9.47 Å². The number of aromatic nitrogens is 2. The van der Waals surface area contributed by atoms with Crippen LogP contribution in [0.25, 0.3) is 0 Å². The topological polar surface area (TPSA) is 64.5 Å². The number of hydrogen-bond donors (Lipinski definition) is 0. The van der Waals surface area contributed by atoms with Gasteiger partial charge in [-0.15, -0.1) is 0 Å². The summed E-state index contributed by atoms with van der Waals surface area (Å²) in [6, 6.07) is 0.0639. The first-order chi connectivity index (χ1) is 10.4. The molecule has 0 unspecified atom stereocenters. The second-order valence-corrected chi connectivity index (χ2v) is 6.58. The van der Waals surface area contributed by atoms with Crippen LogP contribution < -0.4 is 0 Å². The lowest BCUT2D eigenvalue weighted by Gasteiger charge is -2.29. The van der Waals surface area contributed by atoms with E-state index in [-0.39, 0.29) is 18.2 Å². The third-order valence-corrected chi connectivity index (χ3v) is 3.54. The van der Waals surface area contributed by atoms with Crippen molar-refractivity contribution in [3.05, 3.63) is 24.3 Å². The van der Waals surface area contributed by atoms with Crippen molar-refractivity contribution in [2.75, 3.05) is 13.2 Å². The van der Waals surface area contributed by atoms with Crippen LogP contribution >= 0.6 is 0 Å². The van der Waals surface area contributed by atoms with Gasteiger partial charge in [0.25, 0.3) is 0 Å². The molecule has 0 aromatic carbocycles. The summed E-state index contributed by atoms with van der Waals surface area (Å²) in [6.07, 6.45) is 6.50. The quantitative estimate of drug-likeness (QED) is 0.855. The number of amides is 1. The fourth-order valence-electron chi connectivity index (χ4n) is 2.43. The normalized spacial score (nSPS) is 20.0. The highest BCUT2D eigenvalue weighted by atomic mass is 16.6. The van der Waals surface area contributed by atoms with Gasteiger partial charge in [-0.05, 0) is 40.5 Å². The molecule has 1 fully saturated rings. The van der Waals surface area contributed by atoms with E-state index in [1.165, 1.54) is 0 Å². The third-order valence-electron chi connectivity index (χ3n) is 3.54. The molecule has 22 heavy (non-hydrogen) atoms. The molecule has 2 atom stereocenters. The second-order valence-electron chi connectivity index (χ2n) is 6.58. The zero-order valence-electron chi connectivity index (χ0n) is 13.8. The number of carbonyl (C=O) groups is 1. The van der Waals surface area contributed by atoms with Crippen molar-refractivity contribution in [1.29, 1.82) is 0 Å². The Morgan fingerprint density at radius 2 is 2.23 bits per heavy atom. The Hall–Kier alpha value is -1.69. The molecule has 1 amide bonds. The van der Waals surface area contributed by atoms with Crippen LogP contribution in [0.1, 0.15) is 52.3 Å². The van der Waals surface area contributed by atoms with Crippen LogP contribution in [-0.2, 0) is 9.47 Å². The van der Waals surface area contributed by atoms with Gasteiger partial charge in [-0.1, -0.05) is 0 Å². The molecular formula is C16H25N3O3. The molecule has 1 aliphatic rings. The Balaban J connectivity index is 1.87. The maximum Gasteiger partial charge on any atom is 0.410 e. The lowest BCUT2D eigenvalue weighted by Crippen LogP contribution is -2.41. The number of carbonyl (C=O) groups excluding carboxylic acids is 1. The van der Waals surface area contributed by atoms with Crippen molar-refractivity contribution in [3.63, 3.8) is 0 Å². The first-order valence-electron chi connectivity index (χ1n) is 7.74. The summed E-state index contributed by atoms with van der Waals surface area (Å²) in [7, 11) is 0. The Morgan fingerprint density at radius 3 is 2.86 bits per heavy atom. The Labute approximate surface area is 131 Å². The van der Waals surface area contributed by atoms with Crippen LogP contribution in [0.3, 0.4) is 0 Å². The van der Waals surface area contributed by atoms with Gasteiger partial charge >= 0.3 is 6.09 Å². The zero-order chi connectivity index (χ0) is 16.2. The summed E-state index contributed by atoms with van der Waals surface area (Å²) in [5, 5.41) is 0. The molecule has 1 saturated heterocycles. The molecule has 0 bridgehead atoms. The molecule has 6 nitrogen and oxygen atoms in total. The summed E-state index contributed by atoms with van der Waals surface area (Å²) in [5.74, 6) is 0. The molecule has 0 aliphatic carbocycles. The molecule has 0 radical (unpaired) electrons. The summed E-state index contributed by atoms with van der Waals surface area (Å²) in [4.78, 5) is 22.3. The van der Waals surface area contributed by atoms with E-state index in [0.29, 0.717) is 6.61 Å². The van der Waals surface area contributed by atoms with E-state index in [2.05, 4.69) is 9.97 Å². The van der Waals surface area contributed by atoms with Crippen molar-refractivity contribution in [2.24, 2.45) is 0 Å². The molecule has 1 aliphatic heterocycles. The lowest BCUT2D eigenvalue weighted by molar-refractivity contribution is -0.00257. The Morgan fingerprint density at radius 1 is 1.45 bits per heavy atom. The van der Waals surface area contributed by atoms with Crippen LogP contribution in [0.4, 0.5) is 4.79 Å². The minimum absolute atomic E-state index is 0.0639. The minimum atomic E-state index is -0.474. The van der Waals surface area contributed by atoms with Crippen molar-refractivity contribution in [1.82, 2.24) is 14.9 Å². The number of nitrogens with zero attached hydrogens (tertiary/aromatic N) is 3. The maximum atomic E-state index is 12.2. The first-order valence-corrected chi connectivity index (χ1v) is 7.74. The van der Waals surface area contributed by atoms with Crippen LogP contribution in [0, 0.1) is 0 Å². The highest BCUT2D eigenvalue weighted by Crippen LogP contribution is 2.23. The average molecular weight is 307 g/mol. The molecule has 0 spiro atoms. The summed E-state index contributed by atoms with van der Waals surface area (Å²) >= 11 is 0. The van der Waals surface area contributed by atoms with Crippen LogP contribution in [0.2, 0.25) is 0 Å². The van der Waals surface area contributed by atoms with Gasteiger partial charge < -0.3 is 14.4 Å². The fourth-order valence-corrected chi connectivity index (χ4v) is 2.43. The standard InChI is InChI=1S/C16H25N3O3/c1-12(14-10-17-7-8-18-14)21-11-13-6-5-9-19(13)15(20)22-16(2,3)4/h7-8,10,12-13H,5-6,9,11H2,1-4H3/t12-,13+/m0/s1. The maximum absolute atomic E-state index is 12.2. The van der Waals surface area contributed by atoms with Gasteiger partial charge in [0.1, 0.15) is 5.60 Å². The number of rotatable bonds is 4. The SMILES string of the molecule is C[C@H](OC[C@H]1CCCN1C(=O)OC(C)(C)C)c1cnccn1. The zero-order valence-corrected chi connectivity index (χ0v) is 13.8. The van der Waals surface area contributed by atoms with E-state index in [9.17, 15) is 4.79 Å². The minimum Gasteiger partial charge on any atom is -0.444 e. The molecule has 1 aromatic rings. The average Bonchev–Trinajstić information content (AvgIpc) is 2.92. The van der Waals surface area contributed by atoms with Crippen LogP contribution in [-0.4, -0.2) is 45.8 Å². The predicted molar refractivity (Wildman–Crippen MR) is 82.4 cm³/mol. The highest BCUT2D eigenvalue weighted by Gasteiger charge is 2.32. The van der Waals surface area contributed by atoms with E-state index in [1.807, 2.05) is 27.7 Å². The molecule has 2 heterocycles. The van der Waals surface area contributed by atoms with Crippen molar-refractivity contribution >= 4 is 6.09 Å². The van der Waals surface area contributed by atoms with Gasteiger partial charge in [0.15, 0.2) is 0 Å². The first kappa shape index (κ1) is 16.7. The van der Waals surface area contributed by atoms with Gasteiger partial charge in [0.05, 0.1) is 30.6 Å². The van der Waals surface area contributed by atoms with E-state index in [0.717, 1.165) is 25.1 Å². The van der Waals surface area contributed by atoms with Crippen LogP contribution in [0.15, 0.2) is 18.6 Å². The molecule has 1 aromatic heterocycles. The molecule has 2 rings (SSSR count). The Bertz CT molecular complexity index is 487. The highest BCUT2D eigenvalue weighted by molar-refractivity contribution is 5.68. The van der Waals surface area contributed by atoms with Crippen molar-refractivity contribution in [3.8, 4) is 0 Å². The number of likely N-dealkylation sites (tertiary alicyclic amines) is 1. The largest absolute Gasteiger partial charge is 0.444 e. The molecular weight excluding hydrogens is 282 g/mol. The summed E-state index contributed by atoms with van der Waals surface area (Å²) < 4.78 is 11.3. The molecule has 0 saturated carbocycles. The number of ether oxygens (including phenoxy) is 2. The van der Waals surface area contributed by atoms with Crippen molar-refractivity contribution < 1.29 is 14.3 Å². The van der Waals surface area contributed by atoms with E-state index in [1.54, 1.807) is 23.5 Å².